The lowest BCUT2D eigenvalue weighted by atomic mass is 10.1. The van der Waals surface area contributed by atoms with E-state index in [1.54, 1.807) is 0 Å². The minimum absolute atomic E-state index is 0.596. The van der Waals surface area contributed by atoms with E-state index in [4.69, 9.17) is 5.73 Å². The molecule has 0 aromatic carbocycles. The van der Waals surface area contributed by atoms with Crippen molar-refractivity contribution in [3.63, 3.8) is 0 Å². The van der Waals surface area contributed by atoms with E-state index in [2.05, 4.69) is 25.0 Å². The van der Waals surface area contributed by atoms with Crippen LogP contribution in [0.15, 0.2) is 0 Å². The molecule has 0 heterocycles. The van der Waals surface area contributed by atoms with Gasteiger partial charge in [0.25, 0.3) is 0 Å². The molecule has 0 amide bonds. The minimum Gasteiger partial charge on any atom is -0.329 e. The molecule has 0 aromatic heterocycles. The molecule has 14 heavy (non-hydrogen) atoms. The maximum atomic E-state index is 5.81. The molecule has 0 rings (SSSR count). The van der Waals surface area contributed by atoms with Crippen LogP contribution in [0.1, 0.15) is 33.1 Å². The molecule has 1 unspecified atom stereocenters. The van der Waals surface area contributed by atoms with Crippen molar-refractivity contribution in [3.05, 3.63) is 0 Å². The Morgan fingerprint density at radius 1 is 1.36 bits per heavy atom. The van der Waals surface area contributed by atoms with Gasteiger partial charge in [-0.25, -0.2) is 0 Å². The molecule has 0 aliphatic heterocycles. The molecule has 0 radical (unpaired) electrons. The summed E-state index contributed by atoms with van der Waals surface area (Å²) in [6.45, 7) is 7.63. The second-order valence-electron chi connectivity index (χ2n) is 3.65. The fraction of sp³-hybridized carbons (Fsp3) is 1.00. The lowest BCUT2D eigenvalue weighted by Crippen LogP contribution is -2.41. The van der Waals surface area contributed by atoms with E-state index < -0.39 is 0 Å². The maximum absolute atomic E-state index is 5.81. The van der Waals surface area contributed by atoms with Gasteiger partial charge >= 0.3 is 0 Å². The SMILES string of the molecule is CCCCN(CC)C(CN)CCSC. The quantitative estimate of drug-likeness (QED) is 0.643. The number of rotatable bonds is 9. The Kier molecular flexibility index (Phi) is 10.0. The lowest BCUT2D eigenvalue weighted by Gasteiger charge is -2.29. The van der Waals surface area contributed by atoms with Crippen LogP contribution in [0.25, 0.3) is 0 Å². The van der Waals surface area contributed by atoms with Crippen molar-refractivity contribution in [2.24, 2.45) is 5.73 Å². The van der Waals surface area contributed by atoms with Crippen LogP contribution < -0.4 is 5.73 Å². The standard InChI is InChI=1S/C11H26N2S/c1-4-6-8-13(5-2)11(10-12)7-9-14-3/h11H,4-10,12H2,1-3H3. The van der Waals surface area contributed by atoms with Crippen LogP contribution in [0.5, 0.6) is 0 Å². The van der Waals surface area contributed by atoms with Gasteiger partial charge in [-0.15, -0.1) is 0 Å². The van der Waals surface area contributed by atoms with Gasteiger partial charge in [0, 0.05) is 12.6 Å². The zero-order chi connectivity index (χ0) is 10.8. The molecule has 2 N–H and O–H groups in total. The summed E-state index contributed by atoms with van der Waals surface area (Å²) in [5.74, 6) is 1.23. The molecule has 0 aromatic rings. The number of unbranched alkanes of at least 4 members (excludes halogenated alkanes) is 1. The van der Waals surface area contributed by atoms with Crippen molar-refractivity contribution in [1.82, 2.24) is 4.90 Å². The van der Waals surface area contributed by atoms with E-state index in [-0.39, 0.29) is 0 Å². The van der Waals surface area contributed by atoms with Crippen molar-refractivity contribution < 1.29 is 0 Å². The second kappa shape index (κ2) is 9.81. The van der Waals surface area contributed by atoms with Crippen molar-refractivity contribution in [2.75, 3.05) is 31.6 Å². The minimum atomic E-state index is 0.596. The first-order valence-electron chi connectivity index (χ1n) is 5.73. The first-order chi connectivity index (χ1) is 6.79. The van der Waals surface area contributed by atoms with Crippen LogP contribution in [-0.2, 0) is 0 Å². The van der Waals surface area contributed by atoms with E-state index in [0.29, 0.717) is 6.04 Å². The summed E-state index contributed by atoms with van der Waals surface area (Å²) in [6, 6.07) is 0.596. The molecule has 0 saturated carbocycles. The highest BCUT2D eigenvalue weighted by atomic mass is 32.2. The number of hydrogen-bond acceptors (Lipinski definition) is 3. The van der Waals surface area contributed by atoms with E-state index in [0.717, 1.165) is 13.1 Å². The summed E-state index contributed by atoms with van der Waals surface area (Å²) in [5, 5.41) is 0. The molecular weight excluding hydrogens is 192 g/mol. The van der Waals surface area contributed by atoms with Crippen LogP contribution in [0.2, 0.25) is 0 Å². The molecule has 0 aliphatic carbocycles. The first-order valence-corrected chi connectivity index (χ1v) is 7.12. The van der Waals surface area contributed by atoms with Gasteiger partial charge in [-0.3, -0.25) is 4.90 Å². The van der Waals surface area contributed by atoms with E-state index in [9.17, 15) is 0 Å². The predicted molar refractivity (Wildman–Crippen MR) is 68.0 cm³/mol. The molecule has 0 fully saturated rings. The van der Waals surface area contributed by atoms with Crippen molar-refractivity contribution in [1.29, 1.82) is 0 Å². The highest BCUT2D eigenvalue weighted by Gasteiger charge is 2.13. The smallest absolute Gasteiger partial charge is 0.0226 e. The molecule has 0 spiro atoms. The third-order valence-corrected chi connectivity index (χ3v) is 3.29. The normalized spacial score (nSPS) is 13.5. The monoisotopic (exact) mass is 218 g/mol. The summed E-state index contributed by atoms with van der Waals surface area (Å²) >= 11 is 1.91. The summed E-state index contributed by atoms with van der Waals surface area (Å²) in [7, 11) is 0. The van der Waals surface area contributed by atoms with Gasteiger partial charge in [0.15, 0.2) is 0 Å². The van der Waals surface area contributed by atoms with Crippen LogP contribution >= 0.6 is 11.8 Å². The Morgan fingerprint density at radius 3 is 2.50 bits per heavy atom. The molecule has 1 atom stereocenters. The van der Waals surface area contributed by atoms with Crippen LogP contribution in [0, 0.1) is 0 Å². The Morgan fingerprint density at radius 2 is 2.07 bits per heavy atom. The van der Waals surface area contributed by atoms with Gasteiger partial charge in [-0.05, 0) is 37.9 Å². The largest absolute Gasteiger partial charge is 0.329 e. The predicted octanol–water partition coefficient (Wildman–Crippen LogP) is 2.19. The highest BCUT2D eigenvalue weighted by Crippen LogP contribution is 2.08. The molecule has 2 nitrogen and oxygen atoms in total. The van der Waals surface area contributed by atoms with Gasteiger partial charge in [0.1, 0.15) is 0 Å². The van der Waals surface area contributed by atoms with Crippen molar-refractivity contribution in [2.45, 2.75) is 39.2 Å². The third kappa shape index (κ3) is 5.89. The highest BCUT2D eigenvalue weighted by molar-refractivity contribution is 7.98. The van der Waals surface area contributed by atoms with Gasteiger partial charge in [-0.2, -0.15) is 11.8 Å². The van der Waals surface area contributed by atoms with E-state index in [1.807, 2.05) is 11.8 Å². The summed E-state index contributed by atoms with van der Waals surface area (Å²) < 4.78 is 0. The number of thioether (sulfide) groups is 1. The van der Waals surface area contributed by atoms with Gasteiger partial charge < -0.3 is 5.73 Å². The summed E-state index contributed by atoms with van der Waals surface area (Å²) in [5.41, 5.74) is 5.81. The molecule has 3 heteroatoms. The van der Waals surface area contributed by atoms with Gasteiger partial charge in [0.2, 0.25) is 0 Å². The zero-order valence-corrected chi connectivity index (χ0v) is 10.8. The number of likely N-dealkylation sites (N-methyl/N-ethyl adjacent to an activating group) is 1. The zero-order valence-electron chi connectivity index (χ0n) is 9.96. The number of hydrogen-bond donors (Lipinski definition) is 1. The number of nitrogens with two attached hydrogens (primary N) is 1. The molecule has 0 bridgehead atoms. The summed E-state index contributed by atoms with van der Waals surface area (Å²) in [4.78, 5) is 2.53. The van der Waals surface area contributed by atoms with E-state index in [1.165, 1.54) is 31.6 Å². The van der Waals surface area contributed by atoms with E-state index >= 15 is 0 Å². The first kappa shape index (κ1) is 14.3. The Hall–Kier alpha value is 0.270. The fourth-order valence-corrected chi connectivity index (χ4v) is 2.17. The van der Waals surface area contributed by atoms with Crippen LogP contribution in [0.3, 0.4) is 0 Å². The summed E-state index contributed by atoms with van der Waals surface area (Å²) in [6.07, 6.45) is 5.96. The van der Waals surface area contributed by atoms with Crippen molar-refractivity contribution in [3.8, 4) is 0 Å². The van der Waals surface area contributed by atoms with Gasteiger partial charge in [0.05, 0.1) is 0 Å². The fourth-order valence-electron chi connectivity index (χ4n) is 1.66. The molecule has 86 valence electrons. The van der Waals surface area contributed by atoms with Crippen molar-refractivity contribution >= 4 is 11.8 Å². The topological polar surface area (TPSA) is 29.3 Å². The maximum Gasteiger partial charge on any atom is 0.0226 e. The number of nitrogens with zero attached hydrogens (tertiary/aromatic N) is 1. The third-order valence-electron chi connectivity index (χ3n) is 2.65. The Bertz CT molecular complexity index is 106. The molecule has 0 saturated heterocycles. The second-order valence-corrected chi connectivity index (χ2v) is 4.64. The van der Waals surface area contributed by atoms with Gasteiger partial charge in [-0.1, -0.05) is 20.3 Å². The van der Waals surface area contributed by atoms with Crippen LogP contribution in [0.4, 0.5) is 0 Å². The molecule has 0 aliphatic rings. The molecular formula is C11H26N2S. The Balaban J connectivity index is 3.87. The average Bonchev–Trinajstić information content (AvgIpc) is 2.23. The lowest BCUT2D eigenvalue weighted by molar-refractivity contribution is 0.203. The van der Waals surface area contributed by atoms with Crippen LogP contribution in [-0.4, -0.2) is 42.6 Å². The average molecular weight is 218 g/mol. The Labute approximate surface area is 93.6 Å².